The Kier molecular flexibility index (Phi) is 10.3. The van der Waals surface area contributed by atoms with Gasteiger partial charge in [0.05, 0.1) is 6.42 Å². The number of nitrogens with two attached hydrogens (primary N) is 2. The molecule has 3 rings (SSSR count). The number of primary amides is 2. The summed E-state index contributed by atoms with van der Waals surface area (Å²) >= 11 is 1.65. The van der Waals surface area contributed by atoms with Crippen LogP contribution in [0.2, 0.25) is 0 Å². The standard InChI is InChI=1S/C28H30N4O6S/c29-24(33)12-11-21(28(38)32-22(27(30)37)15-26(35)36)31-25(34)13-8-17-6-9-19(10-7-17)23-14-20(16-39-23)18-4-2-1-3-5-18/h1-7,9-10,14,16,21-22H,8,11-13,15H2,(H2,29,33)(H2,30,37)(H,31,34)(H,32,38)(H,35,36)/t21-,22-/m0/s1. The predicted octanol–water partition coefficient (Wildman–Crippen LogP) is 2.21. The van der Waals surface area contributed by atoms with Gasteiger partial charge in [-0.15, -0.1) is 11.3 Å². The van der Waals surface area contributed by atoms with Gasteiger partial charge in [0.1, 0.15) is 12.1 Å². The van der Waals surface area contributed by atoms with E-state index in [-0.39, 0.29) is 19.3 Å². The molecule has 3 aromatic rings. The van der Waals surface area contributed by atoms with Crippen molar-refractivity contribution in [2.75, 3.05) is 0 Å². The number of thiophene rings is 1. The second-order valence-corrected chi connectivity index (χ2v) is 9.86. The van der Waals surface area contributed by atoms with E-state index < -0.39 is 48.1 Å². The van der Waals surface area contributed by atoms with Gasteiger partial charge in [0.2, 0.25) is 23.6 Å². The molecule has 0 saturated carbocycles. The monoisotopic (exact) mass is 550 g/mol. The fourth-order valence-electron chi connectivity index (χ4n) is 3.85. The highest BCUT2D eigenvalue weighted by Gasteiger charge is 2.27. The Balaban J connectivity index is 1.58. The fraction of sp³-hybridized carbons (Fsp3) is 0.250. The van der Waals surface area contributed by atoms with E-state index in [1.54, 1.807) is 11.3 Å². The van der Waals surface area contributed by atoms with Crippen LogP contribution in [-0.4, -0.2) is 46.8 Å². The maximum absolute atomic E-state index is 12.6. The average Bonchev–Trinajstić information content (AvgIpc) is 3.40. The maximum atomic E-state index is 12.6. The van der Waals surface area contributed by atoms with Crippen LogP contribution >= 0.6 is 11.3 Å². The largest absolute Gasteiger partial charge is 0.481 e. The SMILES string of the molecule is NC(=O)CC[C@H](NC(=O)CCc1ccc(-c2cc(-c3ccccc3)cs2)cc1)C(=O)N[C@@H](CC(=O)O)C(N)=O. The predicted molar refractivity (Wildman–Crippen MR) is 147 cm³/mol. The molecule has 0 aliphatic rings. The molecule has 0 aliphatic carbocycles. The molecule has 7 N–H and O–H groups in total. The Morgan fingerprint density at radius 2 is 1.51 bits per heavy atom. The second-order valence-electron chi connectivity index (χ2n) is 8.95. The number of rotatable bonds is 14. The number of hydrogen-bond acceptors (Lipinski definition) is 6. The lowest BCUT2D eigenvalue weighted by Gasteiger charge is -2.21. The van der Waals surface area contributed by atoms with Crippen molar-refractivity contribution >= 4 is 40.9 Å². The van der Waals surface area contributed by atoms with E-state index in [4.69, 9.17) is 16.6 Å². The van der Waals surface area contributed by atoms with Crippen molar-refractivity contribution in [2.45, 2.75) is 44.2 Å². The molecule has 1 aromatic heterocycles. The molecule has 0 unspecified atom stereocenters. The Hall–Kier alpha value is -4.51. The molecule has 0 bridgehead atoms. The normalized spacial score (nSPS) is 12.2. The van der Waals surface area contributed by atoms with Gasteiger partial charge in [-0.3, -0.25) is 24.0 Å². The third-order valence-corrected chi connectivity index (χ3v) is 6.93. The van der Waals surface area contributed by atoms with Crippen LogP contribution in [0, 0.1) is 0 Å². The summed E-state index contributed by atoms with van der Waals surface area (Å²) in [6, 6.07) is 17.4. The highest BCUT2D eigenvalue weighted by Crippen LogP contribution is 2.32. The van der Waals surface area contributed by atoms with Crippen LogP contribution in [0.5, 0.6) is 0 Å². The first-order valence-corrected chi connectivity index (χ1v) is 13.1. The number of aryl methyl sites for hydroxylation is 1. The van der Waals surface area contributed by atoms with Gasteiger partial charge >= 0.3 is 5.97 Å². The van der Waals surface area contributed by atoms with Crippen molar-refractivity contribution in [3.8, 4) is 21.6 Å². The van der Waals surface area contributed by atoms with E-state index in [1.807, 2.05) is 42.5 Å². The summed E-state index contributed by atoms with van der Waals surface area (Å²) in [5.41, 5.74) is 14.6. The van der Waals surface area contributed by atoms with Crippen molar-refractivity contribution in [1.29, 1.82) is 0 Å². The first-order valence-electron chi connectivity index (χ1n) is 12.2. The highest BCUT2D eigenvalue weighted by atomic mass is 32.1. The average molecular weight is 551 g/mol. The topological polar surface area (TPSA) is 182 Å². The van der Waals surface area contributed by atoms with E-state index in [2.05, 4.69) is 34.2 Å². The zero-order valence-corrected chi connectivity index (χ0v) is 21.9. The minimum atomic E-state index is -1.46. The molecule has 0 fully saturated rings. The lowest BCUT2D eigenvalue weighted by atomic mass is 10.0. The van der Waals surface area contributed by atoms with Gasteiger partial charge in [-0.2, -0.15) is 0 Å². The summed E-state index contributed by atoms with van der Waals surface area (Å²) in [5, 5.41) is 15.8. The highest BCUT2D eigenvalue weighted by molar-refractivity contribution is 7.14. The quantitative estimate of drug-likeness (QED) is 0.205. The molecule has 11 heteroatoms. The fourth-order valence-corrected chi connectivity index (χ4v) is 4.78. The zero-order chi connectivity index (χ0) is 28.4. The number of carbonyl (C=O) groups is 5. The van der Waals surface area contributed by atoms with Crippen molar-refractivity contribution in [3.05, 3.63) is 71.6 Å². The molecule has 204 valence electrons. The zero-order valence-electron chi connectivity index (χ0n) is 21.1. The molecule has 0 saturated heterocycles. The Bertz CT molecular complexity index is 1320. The van der Waals surface area contributed by atoms with E-state index >= 15 is 0 Å². The molecule has 0 radical (unpaired) electrons. The van der Waals surface area contributed by atoms with Gasteiger partial charge < -0.3 is 27.2 Å². The summed E-state index contributed by atoms with van der Waals surface area (Å²) in [6.07, 6.45) is -0.572. The summed E-state index contributed by atoms with van der Waals surface area (Å²) in [5.74, 6) is -4.33. The number of carbonyl (C=O) groups excluding carboxylic acids is 4. The third kappa shape index (κ3) is 9.08. The molecule has 0 spiro atoms. The number of nitrogens with one attached hydrogen (secondary N) is 2. The Morgan fingerprint density at radius 3 is 2.13 bits per heavy atom. The summed E-state index contributed by atoms with van der Waals surface area (Å²) in [4.78, 5) is 60.1. The Labute approximate surface area is 229 Å². The lowest BCUT2D eigenvalue weighted by Crippen LogP contribution is -2.53. The van der Waals surface area contributed by atoms with Crippen LogP contribution in [0.3, 0.4) is 0 Å². The first-order chi connectivity index (χ1) is 18.6. The van der Waals surface area contributed by atoms with Gasteiger partial charge in [0.25, 0.3) is 0 Å². The third-order valence-electron chi connectivity index (χ3n) is 5.96. The van der Waals surface area contributed by atoms with Gasteiger partial charge in [-0.25, -0.2) is 0 Å². The van der Waals surface area contributed by atoms with Crippen LogP contribution in [0.4, 0.5) is 0 Å². The van der Waals surface area contributed by atoms with E-state index in [9.17, 15) is 24.0 Å². The Morgan fingerprint density at radius 1 is 0.821 bits per heavy atom. The van der Waals surface area contributed by atoms with Gasteiger partial charge in [0.15, 0.2) is 0 Å². The van der Waals surface area contributed by atoms with Crippen molar-refractivity contribution in [1.82, 2.24) is 10.6 Å². The van der Waals surface area contributed by atoms with Gasteiger partial charge in [0, 0.05) is 17.7 Å². The van der Waals surface area contributed by atoms with E-state index in [1.165, 1.54) is 0 Å². The molecule has 0 aliphatic heterocycles. The van der Waals surface area contributed by atoms with Crippen LogP contribution < -0.4 is 22.1 Å². The first kappa shape index (κ1) is 29.1. The summed E-state index contributed by atoms with van der Waals surface area (Å²) < 4.78 is 0. The number of aliphatic carboxylic acids is 1. The van der Waals surface area contributed by atoms with E-state index in [0.29, 0.717) is 6.42 Å². The minimum absolute atomic E-state index is 0.0607. The molecular formula is C28H30N4O6S. The number of carboxylic acids is 1. The maximum Gasteiger partial charge on any atom is 0.305 e. The number of hydrogen-bond donors (Lipinski definition) is 5. The molecule has 4 amide bonds. The molecule has 2 atom stereocenters. The van der Waals surface area contributed by atoms with Crippen LogP contribution in [-0.2, 0) is 30.4 Å². The molecule has 2 aromatic carbocycles. The summed E-state index contributed by atoms with van der Waals surface area (Å²) in [7, 11) is 0. The molecule has 39 heavy (non-hydrogen) atoms. The van der Waals surface area contributed by atoms with Gasteiger partial charge in [-0.1, -0.05) is 54.6 Å². The van der Waals surface area contributed by atoms with Crippen molar-refractivity contribution in [3.63, 3.8) is 0 Å². The lowest BCUT2D eigenvalue weighted by molar-refractivity contribution is -0.140. The van der Waals surface area contributed by atoms with Crippen LogP contribution in [0.25, 0.3) is 21.6 Å². The molecule has 1 heterocycles. The van der Waals surface area contributed by atoms with Crippen molar-refractivity contribution < 1.29 is 29.1 Å². The van der Waals surface area contributed by atoms with E-state index in [0.717, 1.165) is 27.1 Å². The molecular weight excluding hydrogens is 520 g/mol. The minimum Gasteiger partial charge on any atom is -0.481 e. The second kappa shape index (κ2) is 13.9. The number of amides is 4. The number of benzene rings is 2. The number of carboxylic acid groups (broad SMARTS) is 1. The van der Waals surface area contributed by atoms with Gasteiger partial charge in [-0.05, 0) is 46.5 Å². The van der Waals surface area contributed by atoms with Crippen LogP contribution in [0.15, 0.2) is 66.0 Å². The molecule has 10 nitrogen and oxygen atoms in total. The summed E-state index contributed by atoms with van der Waals surface area (Å²) in [6.45, 7) is 0. The van der Waals surface area contributed by atoms with Crippen LogP contribution in [0.1, 0.15) is 31.2 Å². The smallest absolute Gasteiger partial charge is 0.305 e. The van der Waals surface area contributed by atoms with Crippen molar-refractivity contribution in [2.24, 2.45) is 11.5 Å².